The Morgan fingerprint density at radius 2 is 2.22 bits per heavy atom. The second kappa shape index (κ2) is 6.91. The van der Waals surface area contributed by atoms with Crippen molar-refractivity contribution in [3.63, 3.8) is 0 Å². The topological polar surface area (TPSA) is 87.7 Å². The van der Waals surface area contributed by atoms with Gasteiger partial charge in [0.25, 0.3) is 0 Å². The Labute approximate surface area is 108 Å². The maximum absolute atomic E-state index is 12.1. The molecular formula is C10H21N3O4S. The van der Waals surface area contributed by atoms with Crippen molar-refractivity contribution in [1.29, 1.82) is 0 Å². The molecule has 0 saturated carbocycles. The van der Waals surface area contributed by atoms with Gasteiger partial charge in [-0.3, -0.25) is 0 Å². The van der Waals surface area contributed by atoms with E-state index in [0.29, 0.717) is 19.5 Å². The first-order valence-electron chi connectivity index (χ1n) is 6.18. The van der Waals surface area contributed by atoms with Crippen LogP contribution in [0.25, 0.3) is 0 Å². The second-order valence-corrected chi connectivity index (χ2v) is 5.71. The zero-order valence-electron chi connectivity index (χ0n) is 10.8. The van der Waals surface area contributed by atoms with E-state index in [-0.39, 0.29) is 12.6 Å². The lowest BCUT2D eigenvalue weighted by Crippen LogP contribution is -2.49. The third-order valence-electron chi connectivity index (χ3n) is 2.68. The molecule has 106 valence electrons. The monoisotopic (exact) mass is 279 g/mol. The van der Waals surface area contributed by atoms with E-state index in [1.54, 1.807) is 6.92 Å². The van der Waals surface area contributed by atoms with Crippen molar-refractivity contribution < 1.29 is 17.9 Å². The molecule has 7 nitrogen and oxygen atoms in total. The van der Waals surface area contributed by atoms with Crippen LogP contribution in [0.5, 0.6) is 0 Å². The summed E-state index contributed by atoms with van der Waals surface area (Å²) < 4.78 is 32.0. The third-order valence-corrected chi connectivity index (χ3v) is 4.20. The van der Waals surface area contributed by atoms with E-state index in [1.807, 2.05) is 11.6 Å². The quantitative estimate of drug-likeness (QED) is 0.717. The molecule has 1 aliphatic heterocycles. The summed E-state index contributed by atoms with van der Waals surface area (Å²) in [5.74, 6) is 0. The van der Waals surface area contributed by atoms with Gasteiger partial charge in [0.1, 0.15) is 0 Å². The minimum Gasteiger partial charge on any atom is -0.449 e. The first kappa shape index (κ1) is 15.2. The lowest BCUT2D eigenvalue weighted by atomic mass is 10.2. The number of nitrogens with zero attached hydrogens (tertiary/aromatic N) is 1. The Kier molecular flexibility index (Phi) is 5.83. The number of carbonyl (C=O) groups excluding carboxylic acids is 1. The normalized spacial score (nSPS) is 20.1. The van der Waals surface area contributed by atoms with E-state index < -0.39 is 16.3 Å². The summed E-state index contributed by atoms with van der Waals surface area (Å²) in [6.45, 7) is 5.46. The predicted molar refractivity (Wildman–Crippen MR) is 67.3 cm³/mol. The molecule has 1 rings (SSSR count). The lowest BCUT2D eigenvalue weighted by Gasteiger charge is -2.26. The number of carbonyl (C=O) groups is 1. The van der Waals surface area contributed by atoms with E-state index in [4.69, 9.17) is 0 Å². The number of ether oxygens (including phenoxy) is 1. The molecule has 0 bridgehead atoms. The van der Waals surface area contributed by atoms with Crippen LogP contribution in [0.1, 0.15) is 26.7 Å². The van der Waals surface area contributed by atoms with Crippen molar-refractivity contribution in [2.75, 3.05) is 26.2 Å². The summed E-state index contributed by atoms with van der Waals surface area (Å²) in [6, 6.07) is -0.100. The molecule has 1 heterocycles. The molecule has 8 heteroatoms. The Morgan fingerprint density at radius 3 is 2.72 bits per heavy atom. The smallest absolute Gasteiger partial charge is 0.421 e. The van der Waals surface area contributed by atoms with Crippen LogP contribution in [0.15, 0.2) is 0 Å². The van der Waals surface area contributed by atoms with Gasteiger partial charge in [0, 0.05) is 19.1 Å². The summed E-state index contributed by atoms with van der Waals surface area (Å²) in [5, 5.41) is 3.11. The van der Waals surface area contributed by atoms with Crippen LogP contribution in [0, 0.1) is 0 Å². The molecule has 0 aromatic carbocycles. The van der Waals surface area contributed by atoms with Crippen molar-refractivity contribution in [3.8, 4) is 0 Å². The van der Waals surface area contributed by atoms with Gasteiger partial charge in [-0.25, -0.2) is 9.52 Å². The summed E-state index contributed by atoms with van der Waals surface area (Å²) in [5.41, 5.74) is 0. The van der Waals surface area contributed by atoms with Crippen LogP contribution >= 0.6 is 0 Å². The highest BCUT2D eigenvalue weighted by molar-refractivity contribution is 7.87. The van der Waals surface area contributed by atoms with Crippen LogP contribution in [0.3, 0.4) is 0 Å². The molecule has 0 radical (unpaired) electrons. The molecule has 0 aromatic heterocycles. The maximum atomic E-state index is 12.1. The van der Waals surface area contributed by atoms with E-state index in [2.05, 4.69) is 10.1 Å². The minimum atomic E-state index is -3.82. The van der Waals surface area contributed by atoms with Gasteiger partial charge < -0.3 is 10.1 Å². The standard InChI is InChI=1S/C10H21N3O4S/c1-3-7-13(9-5-6-11-8-9)18(15,16)12-10(14)17-4-2/h9,11H,3-8H2,1-2H3,(H,12,14). The SMILES string of the molecule is CCCN(C1CCNC1)S(=O)(=O)NC(=O)OCC. The Hall–Kier alpha value is -0.860. The van der Waals surface area contributed by atoms with Gasteiger partial charge in [0.2, 0.25) is 0 Å². The van der Waals surface area contributed by atoms with Crippen molar-refractivity contribution in [3.05, 3.63) is 0 Å². The van der Waals surface area contributed by atoms with Crippen LogP contribution in [-0.2, 0) is 14.9 Å². The fourth-order valence-corrected chi connectivity index (χ4v) is 3.31. The van der Waals surface area contributed by atoms with Gasteiger partial charge in [-0.05, 0) is 26.3 Å². The second-order valence-electron chi connectivity index (χ2n) is 4.08. The van der Waals surface area contributed by atoms with E-state index >= 15 is 0 Å². The molecule has 1 amide bonds. The first-order chi connectivity index (χ1) is 8.51. The molecule has 0 aromatic rings. The van der Waals surface area contributed by atoms with Crippen LogP contribution in [-0.4, -0.2) is 51.1 Å². The number of hydrogen-bond acceptors (Lipinski definition) is 5. The molecule has 1 saturated heterocycles. The Morgan fingerprint density at radius 1 is 1.50 bits per heavy atom. The molecule has 0 aliphatic carbocycles. The van der Waals surface area contributed by atoms with Crippen LogP contribution in [0.4, 0.5) is 4.79 Å². The number of hydrogen-bond donors (Lipinski definition) is 2. The molecule has 1 atom stereocenters. The minimum absolute atomic E-state index is 0.100. The third kappa shape index (κ3) is 4.11. The fraction of sp³-hybridized carbons (Fsp3) is 0.900. The summed E-state index contributed by atoms with van der Waals surface area (Å²) >= 11 is 0. The average molecular weight is 279 g/mol. The van der Waals surface area contributed by atoms with Gasteiger partial charge in [0.05, 0.1) is 6.61 Å². The van der Waals surface area contributed by atoms with E-state index in [9.17, 15) is 13.2 Å². The highest BCUT2D eigenvalue weighted by Gasteiger charge is 2.32. The van der Waals surface area contributed by atoms with Gasteiger partial charge in [-0.1, -0.05) is 6.92 Å². The van der Waals surface area contributed by atoms with Crippen molar-refractivity contribution in [2.24, 2.45) is 0 Å². The first-order valence-corrected chi connectivity index (χ1v) is 7.62. The highest BCUT2D eigenvalue weighted by Crippen LogP contribution is 2.13. The molecule has 1 unspecified atom stereocenters. The van der Waals surface area contributed by atoms with Gasteiger partial charge >= 0.3 is 16.3 Å². The Balaban J connectivity index is 2.72. The zero-order chi connectivity index (χ0) is 13.6. The number of amides is 1. The number of rotatable bonds is 6. The molecule has 1 fully saturated rings. The number of nitrogens with one attached hydrogen (secondary N) is 2. The summed E-state index contributed by atoms with van der Waals surface area (Å²) in [6.07, 6.45) is 0.522. The van der Waals surface area contributed by atoms with Gasteiger partial charge in [-0.2, -0.15) is 12.7 Å². The van der Waals surface area contributed by atoms with Gasteiger partial charge in [-0.15, -0.1) is 0 Å². The van der Waals surface area contributed by atoms with E-state index in [0.717, 1.165) is 13.0 Å². The molecule has 18 heavy (non-hydrogen) atoms. The van der Waals surface area contributed by atoms with Crippen molar-refractivity contribution >= 4 is 16.3 Å². The Bertz CT molecular complexity index is 365. The van der Waals surface area contributed by atoms with Crippen LogP contribution in [0.2, 0.25) is 0 Å². The molecule has 2 N–H and O–H groups in total. The lowest BCUT2D eigenvalue weighted by molar-refractivity contribution is 0.157. The maximum Gasteiger partial charge on any atom is 0.421 e. The zero-order valence-corrected chi connectivity index (χ0v) is 11.6. The summed E-state index contributed by atoms with van der Waals surface area (Å²) in [4.78, 5) is 11.2. The molecule has 1 aliphatic rings. The summed E-state index contributed by atoms with van der Waals surface area (Å²) in [7, 11) is -3.82. The molecular weight excluding hydrogens is 258 g/mol. The largest absolute Gasteiger partial charge is 0.449 e. The van der Waals surface area contributed by atoms with Gasteiger partial charge in [0.15, 0.2) is 0 Å². The predicted octanol–water partition coefficient (Wildman–Crippen LogP) is 0.0512. The van der Waals surface area contributed by atoms with Crippen molar-refractivity contribution in [2.45, 2.75) is 32.7 Å². The van der Waals surface area contributed by atoms with Crippen LogP contribution < -0.4 is 10.0 Å². The average Bonchev–Trinajstić information content (AvgIpc) is 2.78. The molecule has 0 spiro atoms. The fourth-order valence-electron chi connectivity index (χ4n) is 1.93. The highest BCUT2D eigenvalue weighted by atomic mass is 32.2. The van der Waals surface area contributed by atoms with E-state index in [1.165, 1.54) is 4.31 Å². The van der Waals surface area contributed by atoms with Crippen molar-refractivity contribution in [1.82, 2.24) is 14.3 Å².